The Bertz CT molecular complexity index is 625. The van der Waals surface area contributed by atoms with Gasteiger partial charge in [0.25, 0.3) is 0 Å². The van der Waals surface area contributed by atoms with Gasteiger partial charge in [-0.2, -0.15) is 0 Å². The number of benzene rings is 1. The van der Waals surface area contributed by atoms with E-state index in [1.165, 1.54) is 11.3 Å². The van der Waals surface area contributed by atoms with Gasteiger partial charge in [-0.3, -0.25) is 0 Å². The van der Waals surface area contributed by atoms with Crippen LogP contribution in [0.4, 0.5) is 10.5 Å². The lowest BCUT2D eigenvalue weighted by Crippen LogP contribution is -2.28. The number of nitrogens with one attached hydrogen (secondary N) is 2. The van der Waals surface area contributed by atoms with Crippen molar-refractivity contribution in [1.82, 2.24) is 10.3 Å². The molecule has 0 spiro atoms. The molecular formula is C15H19N3O2S. The van der Waals surface area contributed by atoms with Gasteiger partial charge in [0.2, 0.25) is 0 Å². The molecule has 21 heavy (non-hydrogen) atoms. The Morgan fingerprint density at radius 2 is 2.19 bits per heavy atom. The Labute approximate surface area is 128 Å². The van der Waals surface area contributed by atoms with Crippen LogP contribution < -0.4 is 15.4 Å². The lowest BCUT2D eigenvalue weighted by atomic mass is 10.2. The van der Waals surface area contributed by atoms with E-state index in [1.54, 1.807) is 0 Å². The minimum Gasteiger partial charge on any atom is -0.492 e. The molecule has 5 nitrogen and oxygen atoms in total. The van der Waals surface area contributed by atoms with Gasteiger partial charge in [-0.1, -0.05) is 6.07 Å². The summed E-state index contributed by atoms with van der Waals surface area (Å²) in [7, 11) is 0. The minimum atomic E-state index is -0.271. The van der Waals surface area contributed by atoms with Gasteiger partial charge in [-0.25, -0.2) is 9.78 Å². The van der Waals surface area contributed by atoms with Crippen molar-refractivity contribution in [1.29, 1.82) is 0 Å². The van der Waals surface area contributed by atoms with Gasteiger partial charge in [0, 0.05) is 11.1 Å². The summed E-state index contributed by atoms with van der Waals surface area (Å²) in [6.45, 7) is 6.80. The molecule has 0 atom stereocenters. The van der Waals surface area contributed by atoms with E-state index in [-0.39, 0.29) is 6.03 Å². The predicted octanol–water partition coefficient (Wildman–Crippen LogP) is 3.48. The largest absolute Gasteiger partial charge is 0.492 e. The summed E-state index contributed by atoms with van der Waals surface area (Å²) in [6, 6.07) is 5.41. The van der Waals surface area contributed by atoms with Crippen molar-refractivity contribution in [3.8, 4) is 5.75 Å². The van der Waals surface area contributed by atoms with Crippen molar-refractivity contribution in [3.05, 3.63) is 39.8 Å². The molecule has 0 aliphatic rings. The molecule has 0 aliphatic carbocycles. The Morgan fingerprint density at radius 3 is 2.86 bits per heavy atom. The Morgan fingerprint density at radius 1 is 1.38 bits per heavy atom. The number of carbonyl (C=O) groups excluding carboxylic acids is 1. The third-order valence-electron chi connectivity index (χ3n) is 2.75. The van der Waals surface area contributed by atoms with Crippen LogP contribution in [0.3, 0.4) is 0 Å². The molecule has 2 aromatic rings. The first-order valence-electron chi connectivity index (χ1n) is 6.77. The number of rotatable bonds is 5. The quantitative estimate of drug-likeness (QED) is 0.889. The normalized spacial score (nSPS) is 10.2. The molecule has 0 aliphatic heterocycles. The van der Waals surface area contributed by atoms with Crippen LogP contribution in [0, 0.1) is 13.8 Å². The number of nitrogens with zero attached hydrogens (tertiary/aromatic N) is 1. The van der Waals surface area contributed by atoms with Gasteiger partial charge >= 0.3 is 6.03 Å². The maximum absolute atomic E-state index is 11.9. The SMILES string of the molecule is CCOc1cc(C)ccc1NC(=O)NCc1nc(C)cs1. The van der Waals surface area contributed by atoms with E-state index in [1.807, 2.05) is 44.4 Å². The van der Waals surface area contributed by atoms with E-state index in [0.717, 1.165) is 16.3 Å². The molecule has 0 fully saturated rings. The van der Waals surface area contributed by atoms with Crippen LogP contribution in [0.1, 0.15) is 23.2 Å². The molecule has 6 heteroatoms. The standard InChI is InChI=1S/C15H19N3O2S/c1-4-20-13-7-10(2)5-6-12(13)18-15(19)16-8-14-17-11(3)9-21-14/h5-7,9H,4,8H2,1-3H3,(H2,16,18,19). The van der Waals surface area contributed by atoms with E-state index in [4.69, 9.17) is 4.74 Å². The second-order valence-electron chi connectivity index (χ2n) is 4.62. The molecule has 1 heterocycles. The number of amides is 2. The summed E-state index contributed by atoms with van der Waals surface area (Å²) in [4.78, 5) is 16.2. The highest BCUT2D eigenvalue weighted by Crippen LogP contribution is 2.25. The van der Waals surface area contributed by atoms with Crippen LogP contribution in [0.2, 0.25) is 0 Å². The Balaban J connectivity index is 1.95. The number of aryl methyl sites for hydroxylation is 2. The lowest BCUT2D eigenvalue weighted by Gasteiger charge is -2.12. The molecule has 0 radical (unpaired) electrons. The van der Waals surface area contributed by atoms with E-state index in [2.05, 4.69) is 15.6 Å². The molecule has 112 valence electrons. The molecule has 2 rings (SSSR count). The van der Waals surface area contributed by atoms with Gasteiger partial charge < -0.3 is 15.4 Å². The van der Waals surface area contributed by atoms with Crippen LogP contribution in [0.15, 0.2) is 23.6 Å². The zero-order valence-corrected chi connectivity index (χ0v) is 13.2. The highest BCUT2D eigenvalue weighted by molar-refractivity contribution is 7.09. The number of urea groups is 1. The molecule has 0 saturated heterocycles. The smallest absolute Gasteiger partial charge is 0.319 e. The summed E-state index contributed by atoms with van der Waals surface area (Å²) in [5.74, 6) is 0.678. The zero-order chi connectivity index (χ0) is 15.2. The second-order valence-corrected chi connectivity index (χ2v) is 5.57. The average molecular weight is 305 g/mol. The first kappa shape index (κ1) is 15.3. The maximum atomic E-state index is 11.9. The molecule has 2 N–H and O–H groups in total. The monoisotopic (exact) mass is 305 g/mol. The molecule has 0 bridgehead atoms. The molecule has 0 unspecified atom stereocenters. The summed E-state index contributed by atoms with van der Waals surface area (Å²) in [5.41, 5.74) is 2.72. The fourth-order valence-electron chi connectivity index (χ4n) is 1.81. The van der Waals surface area contributed by atoms with Crippen LogP contribution in [0.5, 0.6) is 5.75 Å². The van der Waals surface area contributed by atoms with Crippen LogP contribution in [-0.2, 0) is 6.54 Å². The number of carbonyl (C=O) groups is 1. The van der Waals surface area contributed by atoms with Crippen molar-refractivity contribution >= 4 is 23.1 Å². The third kappa shape index (κ3) is 4.46. The molecule has 2 amide bonds. The summed E-state index contributed by atoms with van der Waals surface area (Å²) in [6.07, 6.45) is 0. The van der Waals surface area contributed by atoms with Crippen LogP contribution in [0.25, 0.3) is 0 Å². The third-order valence-corrected chi connectivity index (χ3v) is 3.72. The topological polar surface area (TPSA) is 63.2 Å². The summed E-state index contributed by atoms with van der Waals surface area (Å²) >= 11 is 1.53. The van der Waals surface area contributed by atoms with Crippen molar-refractivity contribution in [2.24, 2.45) is 0 Å². The number of thiazole rings is 1. The van der Waals surface area contributed by atoms with Gasteiger partial charge in [-0.15, -0.1) is 11.3 Å². The number of hydrogen-bond donors (Lipinski definition) is 2. The zero-order valence-electron chi connectivity index (χ0n) is 12.4. The van der Waals surface area contributed by atoms with Crippen LogP contribution in [-0.4, -0.2) is 17.6 Å². The summed E-state index contributed by atoms with van der Waals surface area (Å²) in [5, 5.41) is 8.43. The molecular weight excluding hydrogens is 286 g/mol. The summed E-state index contributed by atoms with van der Waals surface area (Å²) < 4.78 is 5.53. The van der Waals surface area contributed by atoms with E-state index < -0.39 is 0 Å². The van der Waals surface area contributed by atoms with Gasteiger partial charge in [0.1, 0.15) is 10.8 Å². The van der Waals surface area contributed by atoms with Crippen LogP contribution >= 0.6 is 11.3 Å². The number of ether oxygens (including phenoxy) is 1. The first-order valence-corrected chi connectivity index (χ1v) is 7.65. The number of anilines is 1. The fourth-order valence-corrected chi connectivity index (χ4v) is 2.53. The highest BCUT2D eigenvalue weighted by Gasteiger charge is 2.08. The van der Waals surface area contributed by atoms with Crippen molar-refractivity contribution in [2.75, 3.05) is 11.9 Å². The second kappa shape index (κ2) is 7.08. The minimum absolute atomic E-state index is 0.271. The van der Waals surface area contributed by atoms with Crippen molar-refractivity contribution < 1.29 is 9.53 Å². The molecule has 1 aromatic carbocycles. The average Bonchev–Trinajstić information content (AvgIpc) is 2.86. The van der Waals surface area contributed by atoms with Crippen molar-refractivity contribution in [3.63, 3.8) is 0 Å². The fraction of sp³-hybridized carbons (Fsp3) is 0.333. The Hall–Kier alpha value is -2.08. The Kier molecular flexibility index (Phi) is 5.16. The predicted molar refractivity (Wildman–Crippen MR) is 85.1 cm³/mol. The first-order chi connectivity index (χ1) is 10.1. The van der Waals surface area contributed by atoms with Gasteiger partial charge in [0.15, 0.2) is 0 Å². The van der Waals surface area contributed by atoms with Gasteiger partial charge in [-0.05, 0) is 38.5 Å². The number of hydrogen-bond acceptors (Lipinski definition) is 4. The van der Waals surface area contributed by atoms with Gasteiger partial charge in [0.05, 0.1) is 18.8 Å². The van der Waals surface area contributed by atoms with Crippen molar-refractivity contribution in [2.45, 2.75) is 27.3 Å². The highest BCUT2D eigenvalue weighted by atomic mass is 32.1. The molecule has 0 saturated carbocycles. The van der Waals surface area contributed by atoms with E-state index in [9.17, 15) is 4.79 Å². The lowest BCUT2D eigenvalue weighted by molar-refractivity contribution is 0.251. The maximum Gasteiger partial charge on any atom is 0.319 e. The number of aromatic nitrogens is 1. The van der Waals surface area contributed by atoms with E-state index >= 15 is 0 Å². The molecule has 1 aromatic heterocycles. The van der Waals surface area contributed by atoms with E-state index in [0.29, 0.717) is 24.6 Å².